The van der Waals surface area contributed by atoms with E-state index in [0.29, 0.717) is 0 Å². The van der Waals surface area contributed by atoms with E-state index in [1.165, 1.54) is 58.5 Å². The Morgan fingerprint density at radius 3 is 2.07 bits per heavy atom. The Labute approximate surface area is 246 Å². The maximum absolute atomic E-state index is 5.08. The molecule has 0 saturated heterocycles. The smallest absolute Gasteiger partial charge is 0.0964 e. The SMILES string of the molecule is c1ccc(-c2cnc3c4cc5c(cc4n(-c4ccc(-c6ccc7ccccc7c6)cc4)c3c2)sc2ccccc25)cc1. The minimum atomic E-state index is 1.03. The predicted molar refractivity (Wildman–Crippen MR) is 180 cm³/mol. The van der Waals surface area contributed by atoms with E-state index in [1.807, 2.05) is 17.5 Å². The number of benzene rings is 6. The van der Waals surface area contributed by atoms with E-state index in [0.717, 1.165) is 22.3 Å². The first-order chi connectivity index (χ1) is 20.8. The summed E-state index contributed by atoms with van der Waals surface area (Å²) in [5.74, 6) is 0. The molecule has 0 aliphatic carbocycles. The maximum atomic E-state index is 5.08. The van der Waals surface area contributed by atoms with E-state index in [-0.39, 0.29) is 0 Å². The fourth-order valence-corrected chi connectivity index (χ4v) is 7.46. The molecular weight excluding hydrogens is 529 g/mol. The average Bonchev–Trinajstić information content (AvgIpc) is 3.58. The van der Waals surface area contributed by atoms with Crippen LogP contribution in [0.4, 0.5) is 0 Å². The summed E-state index contributed by atoms with van der Waals surface area (Å²) < 4.78 is 5.00. The number of pyridine rings is 1. The van der Waals surface area contributed by atoms with Crippen molar-refractivity contribution in [1.29, 1.82) is 0 Å². The van der Waals surface area contributed by atoms with Crippen molar-refractivity contribution in [2.24, 2.45) is 0 Å². The topological polar surface area (TPSA) is 17.8 Å². The summed E-state index contributed by atoms with van der Waals surface area (Å²) in [6.45, 7) is 0. The van der Waals surface area contributed by atoms with Crippen molar-refractivity contribution in [3.05, 3.63) is 146 Å². The van der Waals surface area contributed by atoms with Crippen LogP contribution in [-0.2, 0) is 0 Å². The zero-order chi connectivity index (χ0) is 27.6. The van der Waals surface area contributed by atoms with E-state index in [4.69, 9.17) is 4.98 Å². The highest BCUT2D eigenvalue weighted by atomic mass is 32.1. The molecule has 0 fully saturated rings. The number of nitrogens with zero attached hydrogens (tertiary/aromatic N) is 2. The van der Waals surface area contributed by atoms with Crippen LogP contribution in [0.15, 0.2) is 146 Å². The van der Waals surface area contributed by atoms with Gasteiger partial charge in [-0.1, -0.05) is 97.1 Å². The van der Waals surface area contributed by atoms with E-state index >= 15 is 0 Å². The highest BCUT2D eigenvalue weighted by Crippen LogP contribution is 2.41. The number of fused-ring (bicyclic) bond motifs is 7. The van der Waals surface area contributed by atoms with Crippen molar-refractivity contribution in [1.82, 2.24) is 9.55 Å². The van der Waals surface area contributed by atoms with Gasteiger partial charge in [0.2, 0.25) is 0 Å². The maximum Gasteiger partial charge on any atom is 0.0964 e. The summed E-state index contributed by atoms with van der Waals surface area (Å²) in [5.41, 5.74) is 9.18. The van der Waals surface area contributed by atoms with Crippen LogP contribution in [0, 0.1) is 0 Å². The molecule has 0 aliphatic heterocycles. The minimum Gasteiger partial charge on any atom is -0.308 e. The third-order valence-corrected chi connectivity index (χ3v) is 9.55. The fraction of sp³-hybridized carbons (Fsp3) is 0. The lowest BCUT2D eigenvalue weighted by atomic mass is 10.0. The van der Waals surface area contributed by atoms with Crippen molar-refractivity contribution >= 4 is 64.2 Å². The van der Waals surface area contributed by atoms with Gasteiger partial charge in [0.05, 0.1) is 16.6 Å². The molecule has 2 nitrogen and oxygen atoms in total. The van der Waals surface area contributed by atoms with Crippen LogP contribution in [0.2, 0.25) is 0 Å². The van der Waals surface area contributed by atoms with Gasteiger partial charge in [0, 0.05) is 43.0 Å². The zero-order valence-electron chi connectivity index (χ0n) is 22.7. The summed E-state index contributed by atoms with van der Waals surface area (Å²) in [5, 5.41) is 6.30. The Morgan fingerprint density at radius 2 is 1.19 bits per heavy atom. The second-order valence-electron chi connectivity index (χ2n) is 10.9. The van der Waals surface area contributed by atoms with Gasteiger partial charge < -0.3 is 4.57 Å². The molecule has 0 radical (unpaired) electrons. The molecule has 0 bridgehead atoms. The van der Waals surface area contributed by atoms with Gasteiger partial charge in [0.15, 0.2) is 0 Å². The Kier molecular flexibility index (Phi) is 5.10. The predicted octanol–water partition coefficient (Wildman–Crippen LogP) is 11.0. The Hall–Kier alpha value is -5.25. The van der Waals surface area contributed by atoms with Crippen LogP contribution in [-0.4, -0.2) is 9.55 Å². The summed E-state index contributed by atoms with van der Waals surface area (Å²) >= 11 is 1.86. The summed E-state index contributed by atoms with van der Waals surface area (Å²) in [7, 11) is 0. The molecule has 0 N–H and O–H groups in total. The van der Waals surface area contributed by atoms with Gasteiger partial charge in [-0.15, -0.1) is 11.3 Å². The van der Waals surface area contributed by atoms with Gasteiger partial charge in [-0.3, -0.25) is 4.98 Å². The van der Waals surface area contributed by atoms with Gasteiger partial charge in [0.1, 0.15) is 0 Å². The van der Waals surface area contributed by atoms with Gasteiger partial charge >= 0.3 is 0 Å². The van der Waals surface area contributed by atoms with Gasteiger partial charge in [-0.25, -0.2) is 0 Å². The Bertz CT molecular complexity index is 2450. The number of thiophene rings is 1. The van der Waals surface area contributed by atoms with Crippen LogP contribution >= 0.6 is 11.3 Å². The molecule has 9 rings (SSSR count). The lowest BCUT2D eigenvalue weighted by Crippen LogP contribution is -1.94. The van der Waals surface area contributed by atoms with Crippen molar-refractivity contribution in [2.75, 3.05) is 0 Å². The van der Waals surface area contributed by atoms with Gasteiger partial charge in [0.25, 0.3) is 0 Å². The van der Waals surface area contributed by atoms with Gasteiger partial charge in [-0.2, -0.15) is 0 Å². The molecule has 0 aliphatic rings. The molecule has 0 saturated carbocycles. The molecule has 9 aromatic rings. The molecule has 3 heteroatoms. The van der Waals surface area contributed by atoms with E-state index in [2.05, 4.69) is 144 Å². The highest BCUT2D eigenvalue weighted by Gasteiger charge is 2.17. The van der Waals surface area contributed by atoms with Crippen LogP contribution in [0.3, 0.4) is 0 Å². The monoisotopic (exact) mass is 552 g/mol. The lowest BCUT2D eigenvalue weighted by molar-refractivity contribution is 1.18. The van der Waals surface area contributed by atoms with Crippen LogP contribution in [0.25, 0.3) is 80.8 Å². The molecule has 196 valence electrons. The molecule has 6 aromatic carbocycles. The average molecular weight is 553 g/mol. The normalized spacial score (nSPS) is 11.8. The second-order valence-corrected chi connectivity index (χ2v) is 11.9. The second kappa shape index (κ2) is 9.13. The number of hydrogen-bond donors (Lipinski definition) is 0. The van der Waals surface area contributed by atoms with E-state index < -0.39 is 0 Å². The Morgan fingerprint density at radius 1 is 0.452 bits per heavy atom. The number of aromatic nitrogens is 2. The fourth-order valence-electron chi connectivity index (χ4n) is 6.33. The van der Waals surface area contributed by atoms with Crippen LogP contribution in [0.5, 0.6) is 0 Å². The van der Waals surface area contributed by atoms with E-state index in [9.17, 15) is 0 Å². The summed E-state index contributed by atoms with van der Waals surface area (Å²) in [6, 6.07) is 50.4. The summed E-state index contributed by atoms with van der Waals surface area (Å²) in [4.78, 5) is 5.08. The van der Waals surface area contributed by atoms with Gasteiger partial charge in [-0.05, 0) is 69.9 Å². The third-order valence-electron chi connectivity index (χ3n) is 8.41. The van der Waals surface area contributed by atoms with E-state index in [1.54, 1.807) is 0 Å². The zero-order valence-corrected chi connectivity index (χ0v) is 23.5. The first-order valence-corrected chi connectivity index (χ1v) is 15.0. The molecule has 0 atom stereocenters. The molecular formula is C39H24N2S. The Balaban J connectivity index is 1.28. The molecule has 0 spiro atoms. The van der Waals surface area contributed by atoms with Crippen LogP contribution < -0.4 is 0 Å². The molecule has 42 heavy (non-hydrogen) atoms. The van der Waals surface area contributed by atoms with Crippen molar-refractivity contribution in [3.63, 3.8) is 0 Å². The molecule has 0 unspecified atom stereocenters. The standard InChI is InChI=1S/C39H24N2S/c1-2-8-25(9-3-1)30-21-36-39(40-24-30)34-22-33-32-12-6-7-13-37(32)42-38(33)23-35(34)41(36)31-18-16-27(17-19-31)29-15-14-26-10-4-5-11-28(26)20-29/h1-24H. The molecule has 3 heterocycles. The molecule has 0 amide bonds. The lowest BCUT2D eigenvalue weighted by Gasteiger charge is -2.11. The minimum absolute atomic E-state index is 1.03. The first-order valence-electron chi connectivity index (χ1n) is 14.2. The molecule has 3 aromatic heterocycles. The highest BCUT2D eigenvalue weighted by molar-refractivity contribution is 7.25. The van der Waals surface area contributed by atoms with Crippen LogP contribution in [0.1, 0.15) is 0 Å². The quantitative estimate of drug-likeness (QED) is 0.213. The number of rotatable bonds is 3. The summed E-state index contributed by atoms with van der Waals surface area (Å²) in [6.07, 6.45) is 2.01. The van der Waals surface area contributed by atoms with Crippen molar-refractivity contribution < 1.29 is 0 Å². The largest absolute Gasteiger partial charge is 0.308 e. The first kappa shape index (κ1) is 23.5. The van der Waals surface area contributed by atoms with Crippen molar-refractivity contribution in [3.8, 4) is 27.9 Å². The third kappa shape index (κ3) is 3.61. The van der Waals surface area contributed by atoms with Crippen molar-refractivity contribution in [2.45, 2.75) is 0 Å². The number of hydrogen-bond acceptors (Lipinski definition) is 2.